The Morgan fingerprint density at radius 3 is 2.46 bits per heavy atom. The Morgan fingerprint density at radius 2 is 1.78 bits per heavy atom. The molecule has 0 bridgehead atoms. The van der Waals surface area contributed by atoms with Crippen LogP contribution in [-0.4, -0.2) is 41.5 Å². The minimum absolute atomic E-state index is 0.0737. The molecule has 4 aromatic rings. The molecule has 1 aromatic heterocycles. The van der Waals surface area contributed by atoms with Crippen LogP contribution in [0.15, 0.2) is 76.8 Å². The average molecular weight is 559 g/mol. The van der Waals surface area contributed by atoms with Gasteiger partial charge in [-0.1, -0.05) is 35.5 Å². The van der Waals surface area contributed by atoms with Gasteiger partial charge in [-0.2, -0.15) is 0 Å². The van der Waals surface area contributed by atoms with Crippen LogP contribution in [0.25, 0.3) is 11.0 Å². The summed E-state index contributed by atoms with van der Waals surface area (Å²) in [4.78, 5) is 28.3. The Kier molecular flexibility index (Phi) is 8.06. The molecular weight excluding hydrogens is 536 g/mol. The van der Waals surface area contributed by atoms with Crippen molar-refractivity contribution in [3.05, 3.63) is 71.8 Å². The van der Waals surface area contributed by atoms with Crippen molar-refractivity contribution < 1.29 is 22.7 Å². The van der Waals surface area contributed by atoms with Crippen molar-refractivity contribution in [1.29, 1.82) is 0 Å². The van der Waals surface area contributed by atoms with Gasteiger partial charge in [0.15, 0.2) is 5.16 Å². The van der Waals surface area contributed by atoms with Crippen LogP contribution in [0.3, 0.4) is 0 Å². The molecule has 0 saturated carbocycles. The predicted molar refractivity (Wildman–Crippen MR) is 145 cm³/mol. The standard InChI is InChI=1S/C25H23ClN4O5S2/c1-3-35-18-10-8-17(9-11-18)28-24(32)15-36-25-29-22-6-4-5-7-23(22)30(25)37(33,34)19-12-13-21(20(26)14-19)27-16(2)31/h4-14H,3,15H2,1-2H3,(H,27,31)(H,28,32). The SMILES string of the molecule is CCOc1ccc(NC(=O)CSc2nc3ccccc3n2S(=O)(=O)c2ccc(NC(C)=O)c(Cl)c2)cc1. The van der Waals surface area contributed by atoms with E-state index in [2.05, 4.69) is 15.6 Å². The van der Waals surface area contributed by atoms with Gasteiger partial charge >= 0.3 is 0 Å². The van der Waals surface area contributed by atoms with Crippen LogP contribution in [0, 0.1) is 0 Å². The van der Waals surface area contributed by atoms with Gasteiger partial charge in [0, 0.05) is 12.6 Å². The van der Waals surface area contributed by atoms with Gasteiger partial charge in [0.2, 0.25) is 11.8 Å². The number of hydrogen-bond donors (Lipinski definition) is 2. The molecule has 0 unspecified atom stereocenters. The largest absolute Gasteiger partial charge is 0.494 e. The van der Waals surface area contributed by atoms with Gasteiger partial charge in [-0.3, -0.25) is 9.59 Å². The second kappa shape index (κ2) is 11.2. The highest BCUT2D eigenvalue weighted by molar-refractivity contribution is 8.00. The molecule has 12 heteroatoms. The van der Waals surface area contributed by atoms with E-state index in [0.717, 1.165) is 15.7 Å². The molecule has 9 nitrogen and oxygen atoms in total. The molecule has 2 amide bonds. The highest BCUT2D eigenvalue weighted by Gasteiger charge is 2.26. The second-order valence-corrected chi connectivity index (χ2v) is 10.9. The molecule has 0 fully saturated rings. The van der Waals surface area contributed by atoms with E-state index in [9.17, 15) is 18.0 Å². The van der Waals surface area contributed by atoms with Crippen molar-refractivity contribution in [3.8, 4) is 5.75 Å². The van der Waals surface area contributed by atoms with Gasteiger partial charge in [-0.25, -0.2) is 17.4 Å². The molecule has 4 rings (SSSR count). The maximum Gasteiger partial charge on any atom is 0.270 e. The normalized spacial score (nSPS) is 11.3. The zero-order valence-corrected chi connectivity index (χ0v) is 22.3. The fourth-order valence-electron chi connectivity index (χ4n) is 3.49. The molecule has 2 N–H and O–H groups in total. The number of nitrogens with zero attached hydrogens (tertiary/aromatic N) is 2. The van der Waals surface area contributed by atoms with Gasteiger partial charge in [0.05, 0.1) is 39.0 Å². The molecule has 0 atom stereocenters. The van der Waals surface area contributed by atoms with Gasteiger partial charge in [0.25, 0.3) is 10.0 Å². The molecule has 0 aliphatic heterocycles. The van der Waals surface area contributed by atoms with E-state index in [1.54, 1.807) is 48.5 Å². The number of halogens is 1. The summed E-state index contributed by atoms with van der Waals surface area (Å²) in [5.74, 6) is -0.0407. The summed E-state index contributed by atoms with van der Waals surface area (Å²) >= 11 is 7.23. The Morgan fingerprint density at radius 1 is 1.05 bits per heavy atom. The smallest absolute Gasteiger partial charge is 0.270 e. The quantitative estimate of drug-likeness (QED) is 0.277. The van der Waals surface area contributed by atoms with Crippen molar-refractivity contribution in [3.63, 3.8) is 0 Å². The Hall–Kier alpha value is -3.54. The summed E-state index contributed by atoms with van der Waals surface area (Å²) in [5, 5.41) is 5.53. The number of amides is 2. The molecule has 192 valence electrons. The maximum absolute atomic E-state index is 13.7. The van der Waals surface area contributed by atoms with Crippen molar-refractivity contribution >= 4 is 67.6 Å². The number of nitrogens with one attached hydrogen (secondary N) is 2. The van der Waals surface area contributed by atoms with E-state index < -0.39 is 10.0 Å². The lowest BCUT2D eigenvalue weighted by atomic mass is 10.3. The van der Waals surface area contributed by atoms with Crippen LogP contribution in [-0.2, 0) is 19.6 Å². The van der Waals surface area contributed by atoms with Gasteiger partial charge in [-0.15, -0.1) is 0 Å². The predicted octanol–water partition coefficient (Wildman–Crippen LogP) is 5.01. The van der Waals surface area contributed by atoms with Crippen LogP contribution < -0.4 is 15.4 Å². The molecule has 0 spiro atoms. The zero-order valence-electron chi connectivity index (χ0n) is 19.9. The summed E-state index contributed by atoms with van der Waals surface area (Å²) in [7, 11) is -4.15. The third-order valence-electron chi connectivity index (χ3n) is 5.06. The number of anilines is 2. The minimum atomic E-state index is -4.15. The fourth-order valence-corrected chi connectivity index (χ4v) is 6.32. The first-order valence-electron chi connectivity index (χ1n) is 11.1. The van der Waals surface area contributed by atoms with Gasteiger partial charge in [0.1, 0.15) is 5.75 Å². The van der Waals surface area contributed by atoms with Gasteiger partial charge < -0.3 is 15.4 Å². The lowest BCUT2D eigenvalue weighted by molar-refractivity contribution is -0.114. The van der Waals surface area contributed by atoms with Crippen LogP contribution in [0.1, 0.15) is 13.8 Å². The third-order valence-corrected chi connectivity index (χ3v) is 8.13. The van der Waals surface area contributed by atoms with Crippen molar-refractivity contribution in [2.75, 3.05) is 23.0 Å². The molecule has 3 aromatic carbocycles. The van der Waals surface area contributed by atoms with Crippen LogP contribution >= 0.6 is 23.4 Å². The molecule has 0 radical (unpaired) electrons. The first kappa shape index (κ1) is 26.5. The van der Waals surface area contributed by atoms with E-state index in [-0.39, 0.29) is 32.6 Å². The topological polar surface area (TPSA) is 119 Å². The van der Waals surface area contributed by atoms with Crippen molar-refractivity contribution in [2.45, 2.75) is 23.9 Å². The number of hydrogen-bond acceptors (Lipinski definition) is 7. The number of para-hydroxylation sites is 2. The molecule has 1 heterocycles. The third kappa shape index (κ3) is 6.07. The highest BCUT2D eigenvalue weighted by atomic mass is 35.5. The van der Waals surface area contributed by atoms with Crippen LogP contribution in [0.5, 0.6) is 5.75 Å². The summed E-state index contributed by atoms with van der Waals surface area (Å²) < 4.78 is 33.9. The maximum atomic E-state index is 13.7. The zero-order chi connectivity index (χ0) is 26.6. The number of ether oxygens (including phenoxy) is 1. The number of carbonyl (C=O) groups excluding carboxylic acids is 2. The average Bonchev–Trinajstić information content (AvgIpc) is 3.24. The Balaban J connectivity index is 1.60. The minimum Gasteiger partial charge on any atom is -0.494 e. The number of rotatable bonds is 9. The van der Waals surface area contributed by atoms with E-state index >= 15 is 0 Å². The van der Waals surface area contributed by atoms with E-state index in [1.165, 1.54) is 25.1 Å². The Labute approximate surface area is 223 Å². The molecule has 0 saturated heterocycles. The number of benzene rings is 3. The van der Waals surface area contributed by atoms with Crippen molar-refractivity contribution in [1.82, 2.24) is 8.96 Å². The first-order chi connectivity index (χ1) is 17.7. The van der Waals surface area contributed by atoms with Crippen LogP contribution in [0.2, 0.25) is 5.02 Å². The second-order valence-electron chi connectivity index (χ2n) is 7.77. The number of thioether (sulfide) groups is 1. The summed E-state index contributed by atoms with van der Waals surface area (Å²) in [5.41, 5.74) is 1.70. The van der Waals surface area contributed by atoms with Crippen LogP contribution in [0.4, 0.5) is 11.4 Å². The Bertz CT molecular complexity index is 1570. The number of imidazole rings is 1. The van der Waals surface area contributed by atoms with E-state index in [4.69, 9.17) is 16.3 Å². The summed E-state index contributed by atoms with van der Waals surface area (Å²) in [6, 6.07) is 17.8. The molecular formula is C25H23ClN4O5S2. The van der Waals surface area contributed by atoms with Gasteiger partial charge in [-0.05, 0) is 61.5 Å². The number of carbonyl (C=O) groups is 2. The van der Waals surface area contributed by atoms with Crippen molar-refractivity contribution in [2.24, 2.45) is 0 Å². The number of aromatic nitrogens is 2. The van der Waals surface area contributed by atoms with E-state index in [0.29, 0.717) is 34.8 Å². The lowest BCUT2D eigenvalue weighted by Crippen LogP contribution is -2.17. The highest BCUT2D eigenvalue weighted by Crippen LogP contribution is 2.32. The monoisotopic (exact) mass is 558 g/mol. The van der Waals surface area contributed by atoms with E-state index in [1.807, 2.05) is 6.92 Å². The fraction of sp³-hybridized carbons (Fsp3) is 0.160. The molecule has 0 aliphatic carbocycles. The summed E-state index contributed by atoms with van der Waals surface area (Å²) in [6.07, 6.45) is 0. The number of fused-ring (bicyclic) bond motifs is 1. The molecule has 0 aliphatic rings. The molecule has 37 heavy (non-hydrogen) atoms. The lowest BCUT2D eigenvalue weighted by Gasteiger charge is -2.12. The summed E-state index contributed by atoms with van der Waals surface area (Å²) in [6.45, 7) is 3.75. The first-order valence-corrected chi connectivity index (χ1v) is 13.9.